The standard InChI is InChI=1S/C12H23N3S/c1-12(2,3)16-9-10(13-4)8-11-14-6-7-15(11)5/h6-7,10,13H,8-9H2,1-5H3. The van der Waals surface area contributed by atoms with Crippen molar-refractivity contribution in [2.24, 2.45) is 7.05 Å². The fourth-order valence-electron chi connectivity index (χ4n) is 1.41. The molecule has 0 aliphatic carbocycles. The second kappa shape index (κ2) is 5.73. The van der Waals surface area contributed by atoms with Crippen LogP contribution in [-0.2, 0) is 13.5 Å². The summed E-state index contributed by atoms with van der Waals surface area (Å²) in [6.45, 7) is 6.77. The van der Waals surface area contributed by atoms with Gasteiger partial charge < -0.3 is 9.88 Å². The summed E-state index contributed by atoms with van der Waals surface area (Å²) < 4.78 is 2.42. The van der Waals surface area contributed by atoms with E-state index in [-0.39, 0.29) is 0 Å². The zero-order chi connectivity index (χ0) is 12.2. The van der Waals surface area contributed by atoms with E-state index in [0.717, 1.165) is 18.0 Å². The van der Waals surface area contributed by atoms with Gasteiger partial charge in [-0.15, -0.1) is 0 Å². The largest absolute Gasteiger partial charge is 0.338 e. The van der Waals surface area contributed by atoms with Gasteiger partial charge in [0.25, 0.3) is 0 Å². The molecule has 0 bridgehead atoms. The number of hydrogen-bond acceptors (Lipinski definition) is 3. The van der Waals surface area contributed by atoms with Gasteiger partial charge in [0.2, 0.25) is 0 Å². The zero-order valence-corrected chi connectivity index (χ0v) is 11.8. The fourth-order valence-corrected chi connectivity index (χ4v) is 2.39. The molecule has 0 spiro atoms. The highest BCUT2D eigenvalue weighted by atomic mass is 32.2. The molecule has 16 heavy (non-hydrogen) atoms. The second-order valence-electron chi connectivity index (χ2n) is 5.07. The SMILES string of the molecule is CNC(CSC(C)(C)C)Cc1nccn1C. The first-order chi connectivity index (χ1) is 7.42. The summed E-state index contributed by atoms with van der Waals surface area (Å²) in [5.41, 5.74) is 0. The van der Waals surface area contributed by atoms with Crippen molar-refractivity contribution in [3.05, 3.63) is 18.2 Å². The quantitative estimate of drug-likeness (QED) is 0.856. The Balaban J connectivity index is 2.47. The molecule has 0 radical (unpaired) electrons. The third-order valence-electron chi connectivity index (χ3n) is 2.48. The van der Waals surface area contributed by atoms with Crippen molar-refractivity contribution >= 4 is 11.8 Å². The minimum absolute atomic E-state index is 0.330. The van der Waals surface area contributed by atoms with Crippen LogP contribution in [-0.4, -0.2) is 33.1 Å². The molecule has 0 aliphatic heterocycles. The van der Waals surface area contributed by atoms with Gasteiger partial charge in [0.15, 0.2) is 0 Å². The maximum Gasteiger partial charge on any atom is 0.109 e. The molecule has 1 heterocycles. The third kappa shape index (κ3) is 4.58. The molecule has 1 aromatic rings. The van der Waals surface area contributed by atoms with E-state index in [9.17, 15) is 0 Å². The number of imidazole rings is 1. The first-order valence-corrected chi connectivity index (χ1v) is 6.68. The lowest BCUT2D eigenvalue weighted by Crippen LogP contribution is -2.32. The Labute approximate surface area is 103 Å². The van der Waals surface area contributed by atoms with Gasteiger partial charge in [0.05, 0.1) is 0 Å². The first kappa shape index (κ1) is 13.6. The van der Waals surface area contributed by atoms with Crippen LogP contribution in [0.3, 0.4) is 0 Å². The van der Waals surface area contributed by atoms with Crippen LogP contribution >= 0.6 is 11.8 Å². The zero-order valence-electron chi connectivity index (χ0n) is 10.9. The molecular formula is C12H23N3S. The summed E-state index contributed by atoms with van der Waals surface area (Å²) in [4.78, 5) is 4.36. The van der Waals surface area contributed by atoms with Crippen LogP contribution in [0.15, 0.2) is 12.4 Å². The Morgan fingerprint density at radius 1 is 1.50 bits per heavy atom. The number of likely N-dealkylation sites (N-methyl/N-ethyl adjacent to an activating group) is 1. The van der Waals surface area contributed by atoms with E-state index in [1.165, 1.54) is 0 Å². The highest BCUT2D eigenvalue weighted by Gasteiger charge is 2.16. The van der Waals surface area contributed by atoms with E-state index in [2.05, 4.69) is 35.6 Å². The summed E-state index contributed by atoms with van der Waals surface area (Å²) >= 11 is 1.99. The van der Waals surface area contributed by atoms with Gasteiger partial charge in [-0.25, -0.2) is 4.98 Å². The topological polar surface area (TPSA) is 29.9 Å². The maximum absolute atomic E-state index is 4.36. The van der Waals surface area contributed by atoms with Crippen LogP contribution in [0.5, 0.6) is 0 Å². The predicted molar refractivity (Wildman–Crippen MR) is 72.0 cm³/mol. The molecule has 0 saturated heterocycles. The van der Waals surface area contributed by atoms with Crippen LogP contribution in [0.1, 0.15) is 26.6 Å². The number of aryl methyl sites for hydroxylation is 1. The van der Waals surface area contributed by atoms with Crippen LogP contribution in [0.2, 0.25) is 0 Å². The van der Waals surface area contributed by atoms with Crippen molar-refractivity contribution in [1.82, 2.24) is 14.9 Å². The number of rotatable bonds is 5. The third-order valence-corrected chi connectivity index (χ3v) is 3.91. The first-order valence-electron chi connectivity index (χ1n) is 5.70. The molecule has 3 nitrogen and oxygen atoms in total. The van der Waals surface area contributed by atoms with Gasteiger partial charge in [-0.05, 0) is 7.05 Å². The lowest BCUT2D eigenvalue weighted by Gasteiger charge is -2.22. The molecule has 0 fully saturated rings. The summed E-state index contributed by atoms with van der Waals surface area (Å²) in [5.74, 6) is 2.27. The Hall–Kier alpha value is -0.480. The molecule has 4 heteroatoms. The maximum atomic E-state index is 4.36. The summed E-state index contributed by atoms with van der Waals surface area (Å²) in [7, 11) is 4.07. The number of nitrogens with zero attached hydrogens (tertiary/aromatic N) is 2. The van der Waals surface area contributed by atoms with E-state index >= 15 is 0 Å². The van der Waals surface area contributed by atoms with Gasteiger partial charge in [0, 0.05) is 42.4 Å². The van der Waals surface area contributed by atoms with Crippen LogP contribution in [0.4, 0.5) is 0 Å². The number of nitrogens with one attached hydrogen (secondary N) is 1. The smallest absolute Gasteiger partial charge is 0.109 e. The molecule has 1 unspecified atom stereocenters. The van der Waals surface area contributed by atoms with Gasteiger partial charge in [-0.2, -0.15) is 11.8 Å². The van der Waals surface area contributed by atoms with Crippen molar-refractivity contribution < 1.29 is 0 Å². The van der Waals surface area contributed by atoms with E-state index in [1.54, 1.807) is 0 Å². The van der Waals surface area contributed by atoms with Crippen molar-refractivity contribution in [1.29, 1.82) is 0 Å². The number of thioether (sulfide) groups is 1. The lowest BCUT2D eigenvalue weighted by atomic mass is 10.2. The molecule has 1 atom stereocenters. The molecule has 92 valence electrons. The Morgan fingerprint density at radius 3 is 2.62 bits per heavy atom. The molecule has 1 aromatic heterocycles. The van der Waals surface area contributed by atoms with E-state index in [4.69, 9.17) is 0 Å². The van der Waals surface area contributed by atoms with E-state index in [0.29, 0.717) is 10.8 Å². The molecule has 1 N–H and O–H groups in total. The van der Waals surface area contributed by atoms with Gasteiger partial charge in [-0.3, -0.25) is 0 Å². The average Bonchev–Trinajstić information content (AvgIpc) is 2.57. The summed E-state index contributed by atoms with van der Waals surface area (Å²) in [6.07, 6.45) is 4.85. The van der Waals surface area contributed by atoms with Gasteiger partial charge >= 0.3 is 0 Å². The summed E-state index contributed by atoms with van der Waals surface area (Å²) in [5, 5.41) is 3.37. The molecule has 0 saturated carbocycles. The van der Waals surface area contributed by atoms with Crippen LogP contribution in [0.25, 0.3) is 0 Å². The lowest BCUT2D eigenvalue weighted by molar-refractivity contribution is 0.583. The number of aromatic nitrogens is 2. The minimum Gasteiger partial charge on any atom is -0.338 e. The van der Waals surface area contributed by atoms with E-state index in [1.807, 2.05) is 38.3 Å². The van der Waals surface area contributed by atoms with Crippen LogP contribution in [0, 0.1) is 0 Å². The predicted octanol–water partition coefficient (Wildman–Crippen LogP) is 2.08. The van der Waals surface area contributed by atoms with Crippen molar-refractivity contribution in [2.45, 2.75) is 38.0 Å². The van der Waals surface area contributed by atoms with Gasteiger partial charge in [0.1, 0.15) is 5.82 Å². The molecule has 1 rings (SSSR count). The van der Waals surface area contributed by atoms with Crippen molar-refractivity contribution in [2.75, 3.05) is 12.8 Å². The summed E-state index contributed by atoms with van der Waals surface area (Å²) in [6, 6.07) is 0.491. The number of hydrogen-bond donors (Lipinski definition) is 1. The normalized spacial score (nSPS) is 14.1. The Kier molecular flexibility index (Phi) is 4.87. The molecule has 0 aliphatic rings. The van der Waals surface area contributed by atoms with Crippen molar-refractivity contribution in [3.8, 4) is 0 Å². The minimum atomic E-state index is 0.330. The highest BCUT2D eigenvalue weighted by Crippen LogP contribution is 2.24. The Morgan fingerprint density at radius 2 is 2.19 bits per heavy atom. The fraction of sp³-hybridized carbons (Fsp3) is 0.750. The molecule has 0 aromatic carbocycles. The van der Waals surface area contributed by atoms with Crippen molar-refractivity contribution in [3.63, 3.8) is 0 Å². The molecular weight excluding hydrogens is 218 g/mol. The average molecular weight is 241 g/mol. The van der Waals surface area contributed by atoms with E-state index < -0.39 is 0 Å². The monoisotopic (exact) mass is 241 g/mol. The van der Waals surface area contributed by atoms with Gasteiger partial charge in [-0.1, -0.05) is 20.8 Å². The second-order valence-corrected chi connectivity index (χ2v) is 6.91. The van der Waals surface area contributed by atoms with Crippen LogP contribution < -0.4 is 5.32 Å². The Bertz CT molecular complexity index is 314. The molecule has 0 amide bonds. The highest BCUT2D eigenvalue weighted by molar-refractivity contribution is 8.00.